The van der Waals surface area contributed by atoms with Crippen LogP contribution in [0.25, 0.3) is 0 Å². The number of anilines is 1. The van der Waals surface area contributed by atoms with Crippen molar-refractivity contribution in [2.45, 2.75) is 57.1 Å². The van der Waals surface area contributed by atoms with Crippen LogP contribution < -0.4 is 4.90 Å². The summed E-state index contributed by atoms with van der Waals surface area (Å²) in [4.78, 5) is 17.2. The second-order valence-corrected chi connectivity index (χ2v) is 8.14. The zero-order valence-electron chi connectivity index (χ0n) is 15.0. The Morgan fingerprint density at radius 3 is 2.38 bits per heavy atom. The number of nitrogens with zero attached hydrogens (tertiary/aromatic N) is 2. The van der Waals surface area contributed by atoms with Crippen LogP contribution in [-0.4, -0.2) is 47.7 Å². The molecule has 1 saturated carbocycles. The van der Waals surface area contributed by atoms with Crippen LogP contribution in [0.3, 0.4) is 0 Å². The molecule has 1 atom stereocenters. The van der Waals surface area contributed by atoms with Crippen molar-refractivity contribution in [3.63, 3.8) is 0 Å². The van der Waals surface area contributed by atoms with Gasteiger partial charge in [0.15, 0.2) is 0 Å². The fourth-order valence-electron chi connectivity index (χ4n) is 5.02. The minimum Gasteiger partial charge on any atom is -0.393 e. The Morgan fingerprint density at radius 2 is 1.69 bits per heavy atom. The zero-order chi connectivity index (χ0) is 18.3. The van der Waals surface area contributed by atoms with Gasteiger partial charge in [0, 0.05) is 37.4 Å². The maximum atomic E-state index is 13.6. The van der Waals surface area contributed by atoms with Gasteiger partial charge in [0.05, 0.1) is 11.5 Å². The van der Waals surface area contributed by atoms with Crippen molar-refractivity contribution in [3.8, 4) is 0 Å². The molecule has 142 valence electrons. The third kappa shape index (κ3) is 3.20. The lowest BCUT2D eigenvalue weighted by Crippen LogP contribution is -2.50. The zero-order valence-corrected chi connectivity index (χ0v) is 15.0. The van der Waals surface area contributed by atoms with Gasteiger partial charge in [-0.05, 0) is 57.1 Å². The molecule has 3 fully saturated rings. The van der Waals surface area contributed by atoms with E-state index in [2.05, 4.69) is 0 Å². The van der Waals surface area contributed by atoms with E-state index >= 15 is 0 Å². The van der Waals surface area contributed by atoms with Crippen molar-refractivity contribution in [3.05, 3.63) is 29.8 Å². The molecule has 1 N–H and O–H groups in total. The molecule has 1 unspecified atom stereocenters. The number of aliphatic hydroxyl groups is 1. The second-order valence-electron chi connectivity index (χ2n) is 8.14. The van der Waals surface area contributed by atoms with E-state index in [1.165, 1.54) is 12.1 Å². The van der Waals surface area contributed by atoms with Crippen molar-refractivity contribution in [2.75, 3.05) is 24.5 Å². The summed E-state index contributed by atoms with van der Waals surface area (Å²) in [6, 6.07) is 3.81. The molecule has 2 heterocycles. The number of likely N-dealkylation sites (tertiary alicyclic amines) is 1. The smallest absolute Gasteiger partial charge is 0.230 e. The van der Waals surface area contributed by atoms with Crippen molar-refractivity contribution in [1.82, 2.24) is 4.90 Å². The third-order valence-electron chi connectivity index (χ3n) is 6.44. The van der Waals surface area contributed by atoms with Gasteiger partial charge < -0.3 is 14.9 Å². The predicted octanol–water partition coefficient (Wildman–Crippen LogP) is 3.09. The van der Waals surface area contributed by atoms with Crippen LogP contribution in [0.1, 0.15) is 44.9 Å². The molecule has 6 heteroatoms. The van der Waals surface area contributed by atoms with Crippen LogP contribution in [0, 0.1) is 17.0 Å². The molecule has 1 aliphatic carbocycles. The lowest BCUT2D eigenvalue weighted by Gasteiger charge is -2.41. The Kier molecular flexibility index (Phi) is 4.63. The highest BCUT2D eigenvalue weighted by Gasteiger charge is 2.50. The number of aliphatic hydroxyl groups excluding tert-OH is 1. The van der Waals surface area contributed by atoms with E-state index in [0.29, 0.717) is 18.8 Å². The number of carbonyl (C=O) groups excluding carboxylic acids is 1. The molecule has 26 heavy (non-hydrogen) atoms. The van der Waals surface area contributed by atoms with Gasteiger partial charge in [0.1, 0.15) is 11.6 Å². The highest BCUT2D eigenvalue weighted by Crippen LogP contribution is 2.43. The summed E-state index contributed by atoms with van der Waals surface area (Å²) >= 11 is 0. The van der Waals surface area contributed by atoms with Crippen molar-refractivity contribution in [2.24, 2.45) is 5.41 Å². The molecule has 0 bridgehead atoms. The minimum atomic E-state index is -0.584. The lowest BCUT2D eigenvalue weighted by molar-refractivity contribution is -0.139. The quantitative estimate of drug-likeness (QED) is 0.877. The number of carbonyl (C=O) groups is 1. The first-order chi connectivity index (χ1) is 12.5. The molecule has 4 rings (SSSR count). The summed E-state index contributed by atoms with van der Waals surface area (Å²) in [6.45, 7) is 2.00. The van der Waals surface area contributed by atoms with Gasteiger partial charge in [-0.2, -0.15) is 0 Å². The SMILES string of the molecule is O=C1N(C2CCC(O)CC2)CCC12CCCN(c1cc(F)cc(F)c1)C2. The molecular weight excluding hydrogens is 338 g/mol. The Balaban J connectivity index is 1.50. The van der Waals surface area contributed by atoms with Crippen molar-refractivity contribution >= 4 is 11.6 Å². The van der Waals surface area contributed by atoms with Gasteiger partial charge >= 0.3 is 0 Å². The van der Waals surface area contributed by atoms with Crippen LogP contribution in [0.2, 0.25) is 0 Å². The minimum absolute atomic E-state index is 0.195. The van der Waals surface area contributed by atoms with Crippen LogP contribution in [-0.2, 0) is 4.79 Å². The molecule has 1 amide bonds. The number of piperidine rings is 1. The summed E-state index contributed by atoms with van der Waals surface area (Å²) in [5.74, 6) is -0.972. The molecular formula is C20H26F2N2O2. The Labute approximate surface area is 152 Å². The van der Waals surface area contributed by atoms with Crippen LogP contribution in [0.5, 0.6) is 0 Å². The van der Waals surface area contributed by atoms with E-state index in [1.807, 2.05) is 9.80 Å². The van der Waals surface area contributed by atoms with E-state index < -0.39 is 17.0 Å². The van der Waals surface area contributed by atoms with E-state index in [4.69, 9.17) is 0 Å². The maximum absolute atomic E-state index is 13.6. The Morgan fingerprint density at radius 1 is 1.00 bits per heavy atom. The molecule has 0 aromatic heterocycles. The van der Waals surface area contributed by atoms with Crippen LogP contribution >= 0.6 is 0 Å². The Hall–Kier alpha value is -1.69. The normalized spacial score (nSPS) is 32.5. The standard InChI is InChI=1S/C20H26F2N2O2/c21-14-10-15(22)12-17(11-14)23-8-1-6-20(13-23)7-9-24(19(20)26)16-2-4-18(25)5-3-16/h10-12,16,18,25H,1-9,13H2. The largest absolute Gasteiger partial charge is 0.393 e. The van der Waals surface area contributed by atoms with Crippen LogP contribution in [0.4, 0.5) is 14.5 Å². The highest BCUT2D eigenvalue weighted by molar-refractivity contribution is 5.86. The van der Waals surface area contributed by atoms with Crippen LogP contribution in [0.15, 0.2) is 18.2 Å². The molecule has 3 aliphatic rings. The monoisotopic (exact) mass is 364 g/mol. The van der Waals surface area contributed by atoms with Gasteiger partial charge in [-0.3, -0.25) is 4.79 Å². The molecule has 4 nitrogen and oxygen atoms in total. The summed E-state index contributed by atoms with van der Waals surface area (Å²) in [5, 5.41) is 9.71. The summed E-state index contributed by atoms with van der Waals surface area (Å²) in [5.41, 5.74) is 0.0884. The first-order valence-corrected chi connectivity index (χ1v) is 9.67. The third-order valence-corrected chi connectivity index (χ3v) is 6.44. The lowest BCUT2D eigenvalue weighted by atomic mass is 9.78. The fourth-order valence-corrected chi connectivity index (χ4v) is 5.02. The number of halogens is 2. The summed E-state index contributed by atoms with van der Waals surface area (Å²) in [6.07, 6.45) is 5.51. The van der Waals surface area contributed by atoms with E-state index in [9.17, 15) is 18.7 Å². The van der Waals surface area contributed by atoms with Gasteiger partial charge in [-0.1, -0.05) is 0 Å². The molecule has 2 saturated heterocycles. The molecule has 1 aromatic carbocycles. The highest BCUT2D eigenvalue weighted by atomic mass is 19.1. The number of rotatable bonds is 2. The number of hydrogen-bond acceptors (Lipinski definition) is 3. The molecule has 1 spiro atoms. The number of hydrogen-bond donors (Lipinski definition) is 1. The van der Waals surface area contributed by atoms with E-state index in [-0.39, 0.29) is 18.1 Å². The molecule has 2 aliphatic heterocycles. The van der Waals surface area contributed by atoms with E-state index in [0.717, 1.165) is 57.6 Å². The topological polar surface area (TPSA) is 43.8 Å². The molecule has 0 radical (unpaired) electrons. The first kappa shape index (κ1) is 17.7. The second kappa shape index (κ2) is 6.80. The first-order valence-electron chi connectivity index (χ1n) is 9.67. The Bertz CT molecular complexity index is 670. The average Bonchev–Trinajstić information content (AvgIpc) is 2.91. The van der Waals surface area contributed by atoms with Gasteiger partial charge in [-0.25, -0.2) is 8.78 Å². The summed E-state index contributed by atoms with van der Waals surface area (Å²) < 4.78 is 27.2. The number of amides is 1. The van der Waals surface area contributed by atoms with Crippen molar-refractivity contribution in [1.29, 1.82) is 0 Å². The van der Waals surface area contributed by atoms with Gasteiger partial charge in [-0.15, -0.1) is 0 Å². The maximum Gasteiger partial charge on any atom is 0.230 e. The molecule has 1 aromatic rings. The van der Waals surface area contributed by atoms with Gasteiger partial charge in [0.2, 0.25) is 5.91 Å². The van der Waals surface area contributed by atoms with Crippen molar-refractivity contribution < 1.29 is 18.7 Å². The van der Waals surface area contributed by atoms with E-state index in [1.54, 1.807) is 0 Å². The number of benzene rings is 1. The average molecular weight is 364 g/mol. The van der Waals surface area contributed by atoms with Gasteiger partial charge in [0.25, 0.3) is 0 Å². The summed E-state index contributed by atoms with van der Waals surface area (Å²) in [7, 11) is 0. The fraction of sp³-hybridized carbons (Fsp3) is 0.650. The predicted molar refractivity (Wildman–Crippen MR) is 94.8 cm³/mol.